The summed E-state index contributed by atoms with van der Waals surface area (Å²) in [6, 6.07) is 21.4. The molecule has 6 nitrogen and oxygen atoms in total. The molecule has 1 aliphatic heterocycles. The summed E-state index contributed by atoms with van der Waals surface area (Å²) in [6.45, 7) is 4.33. The summed E-state index contributed by atoms with van der Waals surface area (Å²) in [6.07, 6.45) is 0.203. The Hall–Kier alpha value is -3.51. The van der Waals surface area contributed by atoms with Gasteiger partial charge in [-0.3, -0.25) is 9.59 Å². The van der Waals surface area contributed by atoms with Crippen LogP contribution in [0.5, 0.6) is 11.5 Å². The molecule has 3 aromatic carbocycles. The summed E-state index contributed by atoms with van der Waals surface area (Å²) in [7, 11) is 0. The Balaban J connectivity index is 1.60. The van der Waals surface area contributed by atoms with Crippen molar-refractivity contribution < 1.29 is 19.1 Å². The molecule has 1 N–H and O–H groups in total. The summed E-state index contributed by atoms with van der Waals surface area (Å²) in [5.41, 5.74) is 2.38. The van der Waals surface area contributed by atoms with Crippen LogP contribution in [0.2, 0.25) is 5.02 Å². The van der Waals surface area contributed by atoms with Gasteiger partial charge < -0.3 is 19.7 Å². The second-order valence-electron chi connectivity index (χ2n) is 8.56. The molecule has 1 heterocycles. The van der Waals surface area contributed by atoms with Crippen LogP contribution in [-0.2, 0) is 22.6 Å². The first-order valence-electron chi connectivity index (χ1n) is 11.2. The van der Waals surface area contributed by atoms with E-state index in [4.69, 9.17) is 21.1 Å². The standard InChI is InChI=1S/C27H27ClN2O4/c1-18(2)26(27(32)29-22-12-13-23-24(15-22)34-17-33-23)30(16-20-8-10-21(28)11-9-20)25(31)14-19-6-4-3-5-7-19/h3-13,15,18,26H,14,16-17H2,1-2H3,(H,29,32). The molecule has 0 saturated heterocycles. The van der Waals surface area contributed by atoms with E-state index in [9.17, 15) is 9.59 Å². The Morgan fingerprint density at radius 2 is 1.65 bits per heavy atom. The number of carbonyl (C=O) groups excluding carboxylic acids is 2. The highest BCUT2D eigenvalue weighted by Gasteiger charge is 2.33. The molecule has 0 aromatic heterocycles. The van der Waals surface area contributed by atoms with Crippen LogP contribution in [-0.4, -0.2) is 29.5 Å². The van der Waals surface area contributed by atoms with E-state index >= 15 is 0 Å². The van der Waals surface area contributed by atoms with Crippen LogP contribution < -0.4 is 14.8 Å². The third-order valence-corrected chi connectivity index (χ3v) is 5.91. The van der Waals surface area contributed by atoms with Crippen molar-refractivity contribution in [3.63, 3.8) is 0 Å². The van der Waals surface area contributed by atoms with E-state index in [1.807, 2.05) is 56.3 Å². The van der Waals surface area contributed by atoms with Crippen molar-refractivity contribution in [2.45, 2.75) is 32.9 Å². The first-order valence-corrected chi connectivity index (χ1v) is 11.6. The highest BCUT2D eigenvalue weighted by atomic mass is 35.5. The molecular weight excluding hydrogens is 452 g/mol. The van der Waals surface area contributed by atoms with E-state index in [1.165, 1.54) is 0 Å². The van der Waals surface area contributed by atoms with Crippen molar-refractivity contribution in [2.24, 2.45) is 5.92 Å². The van der Waals surface area contributed by atoms with Gasteiger partial charge in [-0.15, -0.1) is 0 Å². The lowest BCUT2D eigenvalue weighted by atomic mass is 9.99. The topological polar surface area (TPSA) is 67.9 Å². The smallest absolute Gasteiger partial charge is 0.247 e. The molecule has 1 aliphatic rings. The zero-order chi connectivity index (χ0) is 24.1. The van der Waals surface area contributed by atoms with Crippen LogP contribution in [0.4, 0.5) is 5.69 Å². The fourth-order valence-electron chi connectivity index (χ4n) is 3.99. The molecule has 0 aliphatic carbocycles. The van der Waals surface area contributed by atoms with Gasteiger partial charge >= 0.3 is 0 Å². The lowest BCUT2D eigenvalue weighted by molar-refractivity contribution is -0.140. The van der Waals surface area contributed by atoms with Crippen LogP contribution in [0.1, 0.15) is 25.0 Å². The first kappa shape index (κ1) is 23.6. The average molecular weight is 479 g/mol. The van der Waals surface area contributed by atoms with Gasteiger partial charge in [0.15, 0.2) is 11.5 Å². The van der Waals surface area contributed by atoms with Crippen LogP contribution in [0, 0.1) is 5.92 Å². The Kier molecular flexibility index (Phi) is 7.38. The van der Waals surface area contributed by atoms with E-state index in [2.05, 4.69) is 5.32 Å². The van der Waals surface area contributed by atoms with Crippen molar-refractivity contribution in [3.8, 4) is 11.5 Å². The molecule has 3 aromatic rings. The minimum absolute atomic E-state index is 0.124. The molecule has 1 atom stereocenters. The third kappa shape index (κ3) is 5.69. The maximum absolute atomic E-state index is 13.5. The fraction of sp³-hybridized carbons (Fsp3) is 0.259. The molecular formula is C27H27ClN2O4. The zero-order valence-electron chi connectivity index (χ0n) is 19.2. The number of benzene rings is 3. The van der Waals surface area contributed by atoms with Crippen molar-refractivity contribution >= 4 is 29.1 Å². The second-order valence-corrected chi connectivity index (χ2v) is 8.99. The van der Waals surface area contributed by atoms with E-state index in [0.717, 1.165) is 11.1 Å². The van der Waals surface area contributed by atoms with Gasteiger partial charge in [0.2, 0.25) is 18.6 Å². The number of nitrogens with one attached hydrogen (secondary N) is 1. The lowest BCUT2D eigenvalue weighted by Crippen LogP contribution is -2.50. The van der Waals surface area contributed by atoms with Gasteiger partial charge in [-0.1, -0.05) is 67.9 Å². The maximum Gasteiger partial charge on any atom is 0.247 e. The summed E-state index contributed by atoms with van der Waals surface area (Å²) < 4.78 is 10.8. The van der Waals surface area contributed by atoms with E-state index in [1.54, 1.807) is 35.2 Å². The highest BCUT2D eigenvalue weighted by Crippen LogP contribution is 2.34. The number of nitrogens with zero attached hydrogens (tertiary/aromatic N) is 1. The Morgan fingerprint density at radius 1 is 0.941 bits per heavy atom. The number of amides is 2. The van der Waals surface area contributed by atoms with Gasteiger partial charge in [-0.05, 0) is 41.3 Å². The predicted molar refractivity (Wildman–Crippen MR) is 132 cm³/mol. The molecule has 7 heteroatoms. The highest BCUT2D eigenvalue weighted by molar-refractivity contribution is 6.30. The summed E-state index contributed by atoms with van der Waals surface area (Å²) in [5.74, 6) is 0.712. The number of carbonyl (C=O) groups is 2. The molecule has 34 heavy (non-hydrogen) atoms. The van der Waals surface area contributed by atoms with Crippen molar-refractivity contribution in [3.05, 3.63) is 88.9 Å². The molecule has 4 rings (SSSR count). The normalized spacial score (nSPS) is 12.9. The third-order valence-electron chi connectivity index (χ3n) is 5.66. The summed E-state index contributed by atoms with van der Waals surface area (Å²) in [5, 5.41) is 3.58. The minimum atomic E-state index is -0.683. The molecule has 0 fully saturated rings. The Labute approximate surface area is 204 Å². The van der Waals surface area contributed by atoms with Gasteiger partial charge in [0.1, 0.15) is 6.04 Å². The quantitative estimate of drug-likeness (QED) is 0.477. The summed E-state index contributed by atoms with van der Waals surface area (Å²) >= 11 is 6.05. The van der Waals surface area contributed by atoms with Crippen LogP contribution >= 0.6 is 11.6 Å². The maximum atomic E-state index is 13.5. The monoisotopic (exact) mass is 478 g/mol. The second kappa shape index (κ2) is 10.6. The van der Waals surface area contributed by atoms with Gasteiger partial charge in [-0.2, -0.15) is 0 Å². The lowest BCUT2D eigenvalue weighted by Gasteiger charge is -2.34. The van der Waals surface area contributed by atoms with Crippen molar-refractivity contribution in [1.29, 1.82) is 0 Å². The number of hydrogen-bond acceptors (Lipinski definition) is 4. The Morgan fingerprint density at radius 3 is 2.35 bits per heavy atom. The molecule has 1 unspecified atom stereocenters. The zero-order valence-corrected chi connectivity index (χ0v) is 19.9. The van der Waals surface area contributed by atoms with Crippen LogP contribution in [0.15, 0.2) is 72.8 Å². The number of rotatable bonds is 8. The molecule has 0 radical (unpaired) electrons. The van der Waals surface area contributed by atoms with Crippen molar-refractivity contribution in [2.75, 3.05) is 12.1 Å². The van der Waals surface area contributed by atoms with Gasteiger partial charge in [-0.25, -0.2) is 0 Å². The van der Waals surface area contributed by atoms with E-state index in [-0.39, 0.29) is 30.9 Å². The fourth-order valence-corrected chi connectivity index (χ4v) is 4.12. The molecule has 0 spiro atoms. The molecule has 0 saturated carbocycles. The molecule has 176 valence electrons. The van der Waals surface area contributed by atoms with E-state index < -0.39 is 6.04 Å². The minimum Gasteiger partial charge on any atom is -0.454 e. The number of ether oxygens (including phenoxy) is 2. The van der Waals surface area contributed by atoms with Gasteiger partial charge in [0.05, 0.1) is 6.42 Å². The van der Waals surface area contributed by atoms with Crippen molar-refractivity contribution in [1.82, 2.24) is 4.90 Å². The average Bonchev–Trinajstić information content (AvgIpc) is 3.28. The number of fused-ring (bicyclic) bond motifs is 1. The summed E-state index contributed by atoms with van der Waals surface area (Å²) in [4.78, 5) is 28.7. The Bertz CT molecular complexity index is 1150. The van der Waals surface area contributed by atoms with Gasteiger partial charge in [0.25, 0.3) is 0 Å². The first-order chi connectivity index (χ1) is 16.4. The predicted octanol–water partition coefficient (Wildman–Crippen LogP) is 5.30. The SMILES string of the molecule is CC(C)C(C(=O)Nc1ccc2c(c1)OCO2)N(Cc1ccc(Cl)cc1)C(=O)Cc1ccccc1. The van der Waals surface area contributed by atoms with Crippen LogP contribution in [0.3, 0.4) is 0 Å². The number of anilines is 1. The van der Waals surface area contributed by atoms with Gasteiger partial charge in [0, 0.05) is 23.3 Å². The van der Waals surface area contributed by atoms with E-state index in [0.29, 0.717) is 28.8 Å². The molecule has 2 amide bonds. The number of halogens is 1. The molecule has 0 bridgehead atoms. The van der Waals surface area contributed by atoms with Crippen LogP contribution in [0.25, 0.3) is 0 Å². The number of hydrogen-bond donors (Lipinski definition) is 1. The largest absolute Gasteiger partial charge is 0.454 e.